The lowest BCUT2D eigenvalue weighted by atomic mass is 9.92. The number of piperazine rings is 1. The van der Waals surface area contributed by atoms with Gasteiger partial charge in [-0.2, -0.15) is 0 Å². The van der Waals surface area contributed by atoms with Crippen LogP contribution in [0.2, 0.25) is 0 Å². The van der Waals surface area contributed by atoms with Crippen LogP contribution in [0.5, 0.6) is 0 Å². The molecule has 1 amide bonds. The standard InChI is InChI=1S/C26H37FN4O/c1-26(2,3)18-25(32)28-19-24(20-6-10-22(11-7-20)29(4)5)31-16-14-30(15-17-31)23-12-8-21(27)9-13-23/h6-13,24H,14-19H2,1-5H3,(H,28,32). The molecule has 0 bridgehead atoms. The van der Waals surface area contributed by atoms with Crippen LogP contribution in [0.1, 0.15) is 38.8 Å². The van der Waals surface area contributed by atoms with Crippen molar-refractivity contribution in [3.05, 3.63) is 59.9 Å². The molecule has 1 N–H and O–H groups in total. The Kier molecular flexibility index (Phi) is 7.77. The highest BCUT2D eigenvalue weighted by Crippen LogP contribution is 2.26. The van der Waals surface area contributed by atoms with Crippen molar-refractivity contribution >= 4 is 17.3 Å². The van der Waals surface area contributed by atoms with Gasteiger partial charge in [-0.25, -0.2) is 4.39 Å². The number of hydrogen-bond donors (Lipinski definition) is 1. The highest BCUT2D eigenvalue weighted by atomic mass is 19.1. The molecule has 3 rings (SSSR count). The number of nitrogens with one attached hydrogen (secondary N) is 1. The van der Waals surface area contributed by atoms with Crippen molar-refractivity contribution in [1.29, 1.82) is 0 Å². The average Bonchev–Trinajstić information content (AvgIpc) is 2.74. The molecule has 1 saturated heterocycles. The third-order valence-electron chi connectivity index (χ3n) is 5.92. The van der Waals surface area contributed by atoms with Crippen LogP contribution in [0.25, 0.3) is 0 Å². The zero-order valence-electron chi connectivity index (χ0n) is 20.1. The molecule has 1 fully saturated rings. The molecule has 1 heterocycles. The van der Waals surface area contributed by atoms with Gasteiger partial charge in [0, 0.05) is 64.6 Å². The number of anilines is 2. The van der Waals surface area contributed by atoms with Crippen molar-refractivity contribution in [3.8, 4) is 0 Å². The van der Waals surface area contributed by atoms with Gasteiger partial charge in [-0.3, -0.25) is 9.69 Å². The molecular formula is C26H37FN4O. The molecule has 174 valence electrons. The van der Waals surface area contributed by atoms with E-state index in [1.807, 2.05) is 26.2 Å². The molecule has 2 aromatic carbocycles. The predicted molar refractivity (Wildman–Crippen MR) is 131 cm³/mol. The van der Waals surface area contributed by atoms with Crippen LogP contribution in [0.4, 0.5) is 15.8 Å². The summed E-state index contributed by atoms with van der Waals surface area (Å²) in [6.45, 7) is 10.3. The minimum absolute atomic E-state index is 0.0340. The van der Waals surface area contributed by atoms with Crippen LogP contribution < -0.4 is 15.1 Å². The number of carbonyl (C=O) groups is 1. The third-order valence-corrected chi connectivity index (χ3v) is 5.92. The second-order valence-corrected chi connectivity index (χ2v) is 10.0. The fourth-order valence-electron chi connectivity index (χ4n) is 4.15. The average molecular weight is 441 g/mol. The number of nitrogens with zero attached hydrogens (tertiary/aromatic N) is 3. The summed E-state index contributed by atoms with van der Waals surface area (Å²) in [5.41, 5.74) is 3.39. The second-order valence-electron chi connectivity index (χ2n) is 10.0. The van der Waals surface area contributed by atoms with Gasteiger partial charge < -0.3 is 15.1 Å². The summed E-state index contributed by atoms with van der Waals surface area (Å²) >= 11 is 0. The van der Waals surface area contributed by atoms with Crippen LogP contribution in [0.3, 0.4) is 0 Å². The normalized spacial score (nSPS) is 16.0. The smallest absolute Gasteiger partial charge is 0.220 e. The van der Waals surface area contributed by atoms with Crippen molar-refractivity contribution < 1.29 is 9.18 Å². The summed E-state index contributed by atoms with van der Waals surface area (Å²) in [5, 5.41) is 3.18. The van der Waals surface area contributed by atoms with Gasteiger partial charge >= 0.3 is 0 Å². The molecule has 0 radical (unpaired) electrons. The summed E-state index contributed by atoms with van der Waals surface area (Å²) in [6, 6.07) is 15.4. The van der Waals surface area contributed by atoms with Gasteiger partial charge in [-0.05, 0) is 47.4 Å². The molecule has 1 atom stereocenters. The zero-order valence-corrected chi connectivity index (χ0v) is 20.1. The van der Waals surface area contributed by atoms with E-state index >= 15 is 0 Å². The van der Waals surface area contributed by atoms with Crippen LogP contribution in [0, 0.1) is 11.2 Å². The van der Waals surface area contributed by atoms with Crippen molar-refractivity contribution in [2.45, 2.75) is 33.2 Å². The molecule has 6 heteroatoms. The van der Waals surface area contributed by atoms with Crippen molar-refractivity contribution in [2.24, 2.45) is 5.41 Å². The van der Waals surface area contributed by atoms with E-state index in [2.05, 4.69) is 65.1 Å². The molecule has 1 aliphatic heterocycles. The number of halogens is 1. The van der Waals surface area contributed by atoms with Gasteiger partial charge in [-0.1, -0.05) is 32.9 Å². The second kappa shape index (κ2) is 10.3. The highest BCUT2D eigenvalue weighted by Gasteiger charge is 2.26. The number of carbonyl (C=O) groups excluding carboxylic acids is 1. The van der Waals surface area contributed by atoms with E-state index < -0.39 is 0 Å². The molecule has 0 spiro atoms. The molecule has 1 aliphatic rings. The van der Waals surface area contributed by atoms with Gasteiger partial charge in [-0.15, -0.1) is 0 Å². The maximum Gasteiger partial charge on any atom is 0.220 e. The lowest BCUT2D eigenvalue weighted by Gasteiger charge is -2.40. The zero-order chi connectivity index (χ0) is 23.3. The predicted octanol–water partition coefficient (Wildman–Crippen LogP) is 4.31. The van der Waals surface area contributed by atoms with Gasteiger partial charge in [0.2, 0.25) is 5.91 Å². The Labute approximate surface area is 192 Å². The Hall–Kier alpha value is -2.60. The van der Waals surface area contributed by atoms with E-state index in [1.165, 1.54) is 17.7 Å². The van der Waals surface area contributed by atoms with E-state index in [1.54, 1.807) is 0 Å². The Morgan fingerprint density at radius 1 is 1.00 bits per heavy atom. The van der Waals surface area contributed by atoms with Crippen LogP contribution in [-0.4, -0.2) is 57.6 Å². The third kappa shape index (κ3) is 6.70. The summed E-state index contributed by atoms with van der Waals surface area (Å²) in [5.74, 6) is -0.114. The lowest BCUT2D eigenvalue weighted by Crippen LogP contribution is -2.50. The number of hydrogen-bond acceptors (Lipinski definition) is 4. The van der Waals surface area contributed by atoms with E-state index in [0.717, 1.165) is 37.6 Å². The van der Waals surface area contributed by atoms with Gasteiger partial charge in [0.15, 0.2) is 0 Å². The Bertz CT molecular complexity index is 866. The molecule has 5 nitrogen and oxygen atoms in total. The minimum Gasteiger partial charge on any atom is -0.378 e. The molecule has 2 aromatic rings. The van der Waals surface area contributed by atoms with Crippen molar-refractivity contribution in [2.75, 3.05) is 56.6 Å². The van der Waals surface area contributed by atoms with Gasteiger partial charge in [0.1, 0.15) is 5.82 Å². The lowest BCUT2D eigenvalue weighted by molar-refractivity contribution is -0.123. The van der Waals surface area contributed by atoms with Crippen LogP contribution in [-0.2, 0) is 4.79 Å². The quantitative estimate of drug-likeness (QED) is 0.697. The fourth-order valence-corrected chi connectivity index (χ4v) is 4.15. The first-order valence-corrected chi connectivity index (χ1v) is 11.4. The molecule has 0 aromatic heterocycles. The summed E-state index contributed by atoms with van der Waals surface area (Å²) in [4.78, 5) is 19.3. The summed E-state index contributed by atoms with van der Waals surface area (Å²) < 4.78 is 13.3. The largest absolute Gasteiger partial charge is 0.378 e. The van der Waals surface area contributed by atoms with E-state index in [-0.39, 0.29) is 23.2 Å². The highest BCUT2D eigenvalue weighted by molar-refractivity contribution is 5.76. The number of amides is 1. The first-order chi connectivity index (χ1) is 15.1. The maximum absolute atomic E-state index is 13.3. The molecule has 0 aliphatic carbocycles. The SMILES string of the molecule is CN(C)c1ccc(C(CNC(=O)CC(C)(C)C)N2CCN(c3ccc(F)cc3)CC2)cc1. The van der Waals surface area contributed by atoms with Gasteiger partial charge in [0.05, 0.1) is 6.04 Å². The first kappa shape index (κ1) is 24.1. The van der Waals surface area contributed by atoms with Crippen LogP contribution >= 0.6 is 0 Å². The van der Waals surface area contributed by atoms with E-state index in [9.17, 15) is 9.18 Å². The molecule has 0 saturated carbocycles. The Balaban J connectivity index is 1.70. The monoisotopic (exact) mass is 440 g/mol. The Morgan fingerprint density at radius 3 is 2.12 bits per heavy atom. The summed E-state index contributed by atoms with van der Waals surface area (Å²) in [6.07, 6.45) is 0.512. The fraction of sp³-hybridized carbons (Fsp3) is 0.500. The van der Waals surface area contributed by atoms with Gasteiger partial charge in [0.25, 0.3) is 0 Å². The van der Waals surface area contributed by atoms with E-state index in [0.29, 0.717) is 13.0 Å². The first-order valence-electron chi connectivity index (χ1n) is 11.4. The van der Waals surface area contributed by atoms with Crippen molar-refractivity contribution in [3.63, 3.8) is 0 Å². The summed E-state index contributed by atoms with van der Waals surface area (Å²) in [7, 11) is 4.07. The van der Waals surface area contributed by atoms with Crippen LogP contribution in [0.15, 0.2) is 48.5 Å². The molecular weight excluding hydrogens is 403 g/mol. The van der Waals surface area contributed by atoms with E-state index in [4.69, 9.17) is 0 Å². The topological polar surface area (TPSA) is 38.8 Å². The number of rotatable bonds is 7. The minimum atomic E-state index is -0.209. The molecule has 32 heavy (non-hydrogen) atoms. The number of benzene rings is 2. The molecule has 1 unspecified atom stereocenters. The van der Waals surface area contributed by atoms with Crippen molar-refractivity contribution in [1.82, 2.24) is 10.2 Å². The Morgan fingerprint density at radius 2 is 1.59 bits per heavy atom. The maximum atomic E-state index is 13.3.